The molecule has 1 atom stereocenters. The van der Waals surface area contributed by atoms with Gasteiger partial charge < -0.3 is 10.2 Å². The summed E-state index contributed by atoms with van der Waals surface area (Å²) < 4.78 is 0. The van der Waals surface area contributed by atoms with Gasteiger partial charge in [0.1, 0.15) is 0 Å². The summed E-state index contributed by atoms with van der Waals surface area (Å²) in [5.41, 5.74) is 0. The van der Waals surface area contributed by atoms with E-state index < -0.39 is 0 Å². The van der Waals surface area contributed by atoms with Crippen molar-refractivity contribution in [2.75, 3.05) is 32.7 Å². The lowest BCUT2D eigenvalue weighted by Gasteiger charge is -2.33. The lowest BCUT2D eigenvalue weighted by atomic mass is 9.97. The van der Waals surface area contributed by atoms with E-state index in [4.69, 9.17) is 0 Å². The average molecular weight is 350 g/mol. The van der Waals surface area contributed by atoms with Crippen molar-refractivity contribution in [2.24, 2.45) is 5.92 Å². The third-order valence-electron chi connectivity index (χ3n) is 5.15. The molecule has 0 unspecified atom stereocenters. The van der Waals surface area contributed by atoms with Crippen molar-refractivity contribution in [2.45, 2.75) is 38.6 Å². The Labute approximate surface area is 148 Å². The van der Waals surface area contributed by atoms with Crippen molar-refractivity contribution in [1.29, 1.82) is 0 Å². The summed E-state index contributed by atoms with van der Waals surface area (Å²) in [6.07, 6.45) is 4.31. The van der Waals surface area contributed by atoms with Gasteiger partial charge in [-0.15, -0.1) is 11.3 Å². The van der Waals surface area contributed by atoms with Crippen LogP contribution in [-0.4, -0.2) is 54.3 Å². The van der Waals surface area contributed by atoms with E-state index in [0.717, 1.165) is 51.9 Å². The van der Waals surface area contributed by atoms with Crippen molar-refractivity contribution in [3.05, 3.63) is 22.4 Å². The molecule has 0 saturated carbocycles. The van der Waals surface area contributed by atoms with Crippen LogP contribution in [0.2, 0.25) is 0 Å². The van der Waals surface area contributed by atoms with Crippen molar-refractivity contribution < 1.29 is 9.59 Å². The molecule has 3 rings (SSSR count). The first kappa shape index (κ1) is 17.4. The number of thiophene rings is 1. The Hall–Kier alpha value is -1.40. The van der Waals surface area contributed by atoms with Gasteiger partial charge >= 0.3 is 0 Å². The van der Waals surface area contributed by atoms with E-state index in [2.05, 4.69) is 32.6 Å². The highest BCUT2D eigenvalue weighted by atomic mass is 32.1. The molecule has 2 aliphatic rings. The highest BCUT2D eigenvalue weighted by Gasteiger charge is 2.31. The van der Waals surface area contributed by atoms with Crippen molar-refractivity contribution in [1.82, 2.24) is 15.1 Å². The third-order valence-corrected chi connectivity index (χ3v) is 6.12. The largest absolute Gasteiger partial charge is 0.356 e. The number of hydrogen-bond acceptors (Lipinski definition) is 4. The third kappa shape index (κ3) is 4.36. The molecule has 2 aliphatic heterocycles. The number of piperidine rings is 1. The van der Waals surface area contributed by atoms with Crippen LogP contribution >= 0.6 is 11.3 Å². The molecule has 2 fully saturated rings. The SMILES string of the molecule is CC(=O)NCC1CCN(CC(=O)N2CCC[C@@H]2c2cccs2)CC1. The quantitative estimate of drug-likeness (QED) is 0.887. The fourth-order valence-electron chi connectivity index (χ4n) is 3.76. The van der Waals surface area contributed by atoms with Crippen molar-refractivity contribution >= 4 is 23.2 Å². The van der Waals surface area contributed by atoms with Gasteiger partial charge in [0.15, 0.2) is 0 Å². The van der Waals surface area contributed by atoms with E-state index in [-0.39, 0.29) is 17.9 Å². The summed E-state index contributed by atoms with van der Waals surface area (Å²) >= 11 is 1.75. The second-order valence-corrected chi connectivity index (χ2v) is 7.90. The summed E-state index contributed by atoms with van der Waals surface area (Å²) in [5, 5.41) is 5.00. The van der Waals surface area contributed by atoms with Gasteiger partial charge in [0, 0.05) is 24.9 Å². The number of nitrogens with one attached hydrogen (secondary N) is 1. The molecule has 0 aliphatic carbocycles. The molecular formula is C18H27N3O2S. The Morgan fingerprint density at radius 3 is 2.71 bits per heavy atom. The van der Waals surface area contributed by atoms with E-state index in [1.54, 1.807) is 18.3 Å². The number of nitrogens with zero attached hydrogens (tertiary/aromatic N) is 2. The molecule has 0 radical (unpaired) electrons. The number of likely N-dealkylation sites (tertiary alicyclic amines) is 2. The van der Waals surface area contributed by atoms with Gasteiger partial charge in [-0.1, -0.05) is 6.07 Å². The first-order valence-corrected chi connectivity index (χ1v) is 9.81. The number of hydrogen-bond donors (Lipinski definition) is 1. The monoisotopic (exact) mass is 349 g/mol. The van der Waals surface area contributed by atoms with Crippen LogP contribution in [0.1, 0.15) is 43.5 Å². The van der Waals surface area contributed by atoms with Crippen LogP contribution in [0.4, 0.5) is 0 Å². The maximum absolute atomic E-state index is 12.7. The van der Waals surface area contributed by atoms with E-state index >= 15 is 0 Å². The topological polar surface area (TPSA) is 52.7 Å². The zero-order valence-corrected chi connectivity index (χ0v) is 15.2. The van der Waals surface area contributed by atoms with Crippen LogP contribution in [0.3, 0.4) is 0 Å². The molecule has 6 heteroatoms. The zero-order chi connectivity index (χ0) is 16.9. The average Bonchev–Trinajstić information content (AvgIpc) is 3.24. The van der Waals surface area contributed by atoms with Gasteiger partial charge in [-0.05, 0) is 56.1 Å². The Balaban J connectivity index is 1.46. The minimum atomic E-state index is 0.0428. The summed E-state index contributed by atoms with van der Waals surface area (Å²) in [6.45, 7) is 5.66. The number of carbonyl (C=O) groups is 2. The lowest BCUT2D eigenvalue weighted by molar-refractivity contribution is -0.133. The first-order valence-electron chi connectivity index (χ1n) is 8.93. The maximum atomic E-state index is 12.7. The lowest BCUT2D eigenvalue weighted by Crippen LogP contribution is -2.44. The predicted octanol–water partition coefficient (Wildman–Crippen LogP) is 2.26. The summed E-state index contributed by atoms with van der Waals surface area (Å²) in [6, 6.07) is 4.50. The van der Waals surface area contributed by atoms with Crippen LogP contribution in [0.5, 0.6) is 0 Å². The molecule has 0 aromatic carbocycles. The fraction of sp³-hybridized carbons (Fsp3) is 0.667. The number of amides is 2. The molecule has 0 spiro atoms. The maximum Gasteiger partial charge on any atom is 0.237 e. The molecule has 5 nitrogen and oxygen atoms in total. The molecule has 132 valence electrons. The van der Waals surface area contributed by atoms with E-state index in [1.165, 1.54) is 4.88 Å². The van der Waals surface area contributed by atoms with E-state index in [9.17, 15) is 9.59 Å². The highest BCUT2D eigenvalue weighted by molar-refractivity contribution is 7.10. The molecule has 2 amide bonds. The molecule has 1 aromatic rings. The minimum Gasteiger partial charge on any atom is -0.356 e. The second-order valence-electron chi connectivity index (χ2n) is 6.92. The fourth-order valence-corrected chi connectivity index (χ4v) is 4.63. The molecule has 2 saturated heterocycles. The summed E-state index contributed by atoms with van der Waals surface area (Å²) in [5.74, 6) is 0.860. The Bertz CT molecular complexity index is 553. The van der Waals surface area contributed by atoms with Gasteiger partial charge in [-0.3, -0.25) is 14.5 Å². The predicted molar refractivity (Wildman–Crippen MR) is 95.9 cm³/mol. The standard InChI is InChI=1S/C18H27N3O2S/c1-14(22)19-12-15-6-9-20(10-7-15)13-18(23)21-8-2-4-16(21)17-5-3-11-24-17/h3,5,11,15-16H,2,4,6-10,12-13H2,1H3,(H,19,22)/t16-/m1/s1. The van der Waals surface area contributed by atoms with Gasteiger partial charge in [-0.25, -0.2) is 0 Å². The van der Waals surface area contributed by atoms with E-state index in [1.807, 2.05) is 0 Å². The smallest absolute Gasteiger partial charge is 0.237 e. The molecule has 1 N–H and O–H groups in total. The van der Waals surface area contributed by atoms with Gasteiger partial charge in [0.25, 0.3) is 0 Å². The van der Waals surface area contributed by atoms with Crippen LogP contribution < -0.4 is 5.32 Å². The van der Waals surface area contributed by atoms with Crippen LogP contribution in [0, 0.1) is 5.92 Å². The van der Waals surface area contributed by atoms with Crippen LogP contribution in [0.25, 0.3) is 0 Å². The zero-order valence-electron chi connectivity index (χ0n) is 14.4. The summed E-state index contributed by atoms with van der Waals surface area (Å²) in [4.78, 5) is 29.4. The molecular weight excluding hydrogens is 322 g/mol. The Morgan fingerprint density at radius 2 is 2.04 bits per heavy atom. The van der Waals surface area contributed by atoms with E-state index in [0.29, 0.717) is 12.5 Å². The number of rotatable bonds is 5. The molecule has 1 aromatic heterocycles. The molecule has 24 heavy (non-hydrogen) atoms. The summed E-state index contributed by atoms with van der Waals surface area (Å²) in [7, 11) is 0. The highest BCUT2D eigenvalue weighted by Crippen LogP contribution is 2.34. The van der Waals surface area contributed by atoms with Crippen LogP contribution in [0.15, 0.2) is 17.5 Å². The second kappa shape index (κ2) is 8.12. The minimum absolute atomic E-state index is 0.0428. The van der Waals surface area contributed by atoms with Crippen molar-refractivity contribution in [3.63, 3.8) is 0 Å². The van der Waals surface area contributed by atoms with Gasteiger partial charge in [0.05, 0.1) is 12.6 Å². The molecule has 3 heterocycles. The van der Waals surface area contributed by atoms with Crippen LogP contribution in [-0.2, 0) is 9.59 Å². The molecule has 0 bridgehead atoms. The Kier molecular flexibility index (Phi) is 5.89. The van der Waals surface area contributed by atoms with Gasteiger partial charge in [-0.2, -0.15) is 0 Å². The first-order chi connectivity index (χ1) is 11.6. The Morgan fingerprint density at radius 1 is 1.25 bits per heavy atom. The normalized spacial score (nSPS) is 22.7. The number of carbonyl (C=O) groups excluding carboxylic acids is 2. The van der Waals surface area contributed by atoms with Crippen molar-refractivity contribution in [3.8, 4) is 0 Å². The van der Waals surface area contributed by atoms with Gasteiger partial charge in [0.2, 0.25) is 11.8 Å².